The number of aromatic nitrogens is 1. The van der Waals surface area contributed by atoms with Gasteiger partial charge in [0.15, 0.2) is 0 Å². The number of aromatic amines is 1. The highest BCUT2D eigenvalue weighted by atomic mass is 16.1. The highest BCUT2D eigenvalue weighted by Gasteiger charge is 2.07. The van der Waals surface area contributed by atoms with Gasteiger partial charge < -0.3 is 4.98 Å². The zero-order chi connectivity index (χ0) is 10.0. The zero-order valence-electron chi connectivity index (χ0n) is 8.01. The van der Waals surface area contributed by atoms with Crippen molar-refractivity contribution in [2.75, 3.05) is 0 Å². The Morgan fingerprint density at radius 3 is 2.54 bits per heavy atom. The van der Waals surface area contributed by atoms with E-state index in [4.69, 9.17) is 5.26 Å². The summed E-state index contributed by atoms with van der Waals surface area (Å²) in [4.78, 5) is 14.0. The molecule has 0 aromatic carbocycles. The van der Waals surface area contributed by atoms with Gasteiger partial charge >= 0.3 is 0 Å². The first-order valence-electron chi connectivity index (χ1n) is 4.20. The summed E-state index contributed by atoms with van der Waals surface area (Å²) in [6.07, 6.45) is 0. The van der Waals surface area contributed by atoms with Crippen LogP contribution in [0.4, 0.5) is 0 Å². The fourth-order valence-corrected chi connectivity index (χ4v) is 1.16. The molecule has 0 aliphatic rings. The number of nitriles is 1. The number of pyridine rings is 1. The van der Waals surface area contributed by atoms with Gasteiger partial charge in [-0.25, -0.2) is 0 Å². The predicted octanol–water partition coefficient (Wildman–Crippen LogP) is 1.68. The molecule has 0 spiro atoms. The number of aryl methyl sites for hydroxylation is 1. The molecule has 3 heteroatoms. The van der Waals surface area contributed by atoms with Crippen LogP contribution in [0.5, 0.6) is 0 Å². The fourth-order valence-electron chi connectivity index (χ4n) is 1.16. The van der Waals surface area contributed by atoms with Gasteiger partial charge in [-0.15, -0.1) is 0 Å². The van der Waals surface area contributed by atoms with Gasteiger partial charge in [0.05, 0.1) is 0 Å². The van der Waals surface area contributed by atoms with Gasteiger partial charge in [0.1, 0.15) is 11.6 Å². The number of rotatable bonds is 1. The summed E-state index contributed by atoms with van der Waals surface area (Å²) in [5.74, 6) is 0.277. The van der Waals surface area contributed by atoms with Gasteiger partial charge in [-0.3, -0.25) is 4.79 Å². The Labute approximate surface area is 77.0 Å². The van der Waals surface area contributed by atoms with Crippen LogP contribution in [0.3, 0.4) is 0 Å². The standard InChI is InChI=1S/C10H12N2O/c1-6(2)9-4-7(3)8(5-11)10(13)12-9/h4,6H,1-3H3,(H,12,13). The molecular formula is C10H12N2O. The Kier molecular flexibility index (Phi) is 2.52. The van der Waals surface area contributed by atoms with Crippen LogP contribution in [0.15, 0.2) is 10.9 Å². The fraction of sp³-hybridized carbons (Fsp3) is 0.400. The third kappa shape index (κ3) is 1.78. The SMILES string of the molecule is Cc1cc(C(C)C)[nH]c(=O)c1C#N. The first-order chi connectivity index (χ1) is 6.06. The van der Waals surface area contributed by atoms with Crippen LogP contribution in [0.25, 0.3) is 0 Å². The number of hydrogen-bond donors (Lipinski definition) is 1. The summed E-state index contributed by atoms with van der Waals surface area (Å²) in [5, 5.41) is 8.66. The van der Waals surface area contributed by atoms with Gasteiger partial charge in [-0.1, -0.05) is 13.8 Å². The number of hydrogen-bond acceptors (Lipinski definition) is 2. The summed E-state index contributed by atoms with van der Waals surface area (Å²) in [6.45, 7) is 5.77. The van der Waals surface area contributed by atoms with E-state index < -0.39 is 0 Å². The van der Waals surface area contributed by atoms with E-state index in [9.17, 15) is 4.79 Å². The summed E-state index contributed by atoms with van der Waals surface area (Å²) in [6, 6.07) is 3.74. The number of nitrogens with one attached hydrogen (secondary N) is 1. The quantitative estimate of drug-likeness (QED) is 0.707. The van der Waals surface area contributed by atoms with Crippen LogP contribution in [0, 0.1) is 18.3 Å². The minimum atomic E-state index is -0.286. The molecule has 0 unspecified atom stereocenters. The van der Waals surface area contributed by atoms with Gasteiger partial charge in [0.2, 0.25) is 0 Å². The van der Waals surface area contributed by atoms with Crippen LogP contribution in [-0.2, 0) is 0 Å². The zero-order valence-corrected chi connectivity index (χ0v) is 8.01. The lowest BCUT2D eigenvalue weighted by Crippen LogP contribution is -2.14. The molecule has 0 fully saturated rings. The van der Waals surface area contributed by atoms with Crippen LogP contribution in [-0.4, -0.2) is 4.98 Å². The summed E-state index contributed by atoms with van der Waals surface area (Å²) < 4.78 is 0. The van der Waals surface area contributed by atoms with E-state index in [1.165, 1.54) is 0 Å². The molecular weight excluding hydrogens is 164 g/mol. The Hall–Kier alpha value is -1.56. The minimum Gasteiger partial charge on any atom is -0.325 e. The molecule has 1 N–H and O–H groups in total. The summed E-state index contributed by atoms with van der Waals surface area (Å²) in [5.41, 5.74) is 1.55. The first-order valence-corrected chi connectivity index (χ1v) is 4.20. The topological polar surface area (TPSA) is 56.6 Å². The maximum atomic E-state index is 11.3. The van der Waals surface area contributed by atoms with Crippen molar-refractivity contribution in [1.29, 1.82) is 5.26 Å². The maximum Gasteiger partial charge on any atom is 0.266 e. The van der Waals surface area contributed by atoms with Gasteiger partial charge in [0, 0.05) is 5.69 Å². The maximum absolute atomic E-state index is 11.3. The van der Waals surface area contributed by atoms with E-state index >= 15 is 0 Å². The van der Waals surface area contributed by atoms with Crippen molar-refractivity contribution in [3.63, 3.8) is 0 Å². The van der Waals surface area contributed by atoms with E-state index in [0.717, 1.165) is 11.3 Å². The van der Waals surface area contributed by atoms with Crippen LogP contribution < -0.4 is 5.56 Å². The van der Waals surface area contributed by atoms with Crippen LogP contribution in [0.1, 0.15) is 36.6 Å². The largest absolute Gasteiger partial charge is 0.325 e. The Bertz CT molecular complexity index is 410. The van der Waals surface area contributed by atoms with Crippen molar-refractivity contribution in [3.05, 3.63) is 33.2 Å². The highest BCUT2D eigenvalue weighted by Crippen LogP contribution is 2.12. The number of H-pyrrole nitrogens is 1. The van der Waals surface area contributed by atoms with Gasteiger partial charge in [-0.2, -0.15) is 5.26 Å². The van der Waals surface area contributed by atoms with E-state index in [1.54, 1.807) is 6.92 Å². The number of nitrogens with zero attached hydrogens (tertiary/aromatic N) is 1. The molecule has 0 atom stereocenters. The molecule has 0 saturated carbocycles. The van der Waals surface area contributed by atoms with E-state index in [2.05, 4.69) is 4.98 Å². The molecule has 1 heterocycles. The molecule has 68 valence electrons. The normalized spacial score (nSPS) is 10.1. The second-order valence-corrected chi connectivity index (χ2v) is 3.38. The average molecular weight is 176 g/mol. The summed E-state index contributed by atoms with van der Waals surface area (Å²) in [7, 11) is 0. The molecule has 3 nitrogen and oxygen atoms in total. The third-order valence-electron chi connectivity index (χ3n) is 1.99. The van der Waals surface area contributed by atoms with Crippen molar-refractivity contribution in [2.45, 2.75) is 26.7 Å². The van der Waals surface area contributed by atoms with Crippen molar-refractivity contribution in [1.82, 2.24) is 4.98 Å². The van der Waals surface area contributed by atoms with Crippen LogP contribution in [0.2, 0.25) is 0 Å². The van der Waals surface area contributed by atoms with Crippen molar-refractivity contribution in [2.24, 2.45) is 0 Å². The molecule has 1 aromatic heterocycles. The highest BCUT2D eigenvalue weighted by molar-refractivity contribution is 5.35. The molecule has 0 amide bonds. The van der Waals surface area contributed by atoms with Gasteiger partial charge in [-0.05, 0) is 24.5 Å². The molecule has 0 radical (unpaired) electrons. The lowest BCUT2D eigenvalue weighted by molar-refractivity contribution is 0.812. The Morgan fingerprint density at radius 2 is 2.15 bits per heavy atom. The lowest BCUT2D eigenvalue weighted by Gasteiger charge is -2.06. The minimum absolute atomic E-state index is 0.212. The molecule has 0 saturated heterocycles. The average Bonchev–Trinajstić information content (AvgIpc) is 2.03. The second kappa shape index (κ2) is 3.44. The third-order valence-corrected chi connectivity index (χ3v) is 1.99. The second-order valence-electron chi connectivity index (χ2n) is 3.38. The first kappa shape index (κ1) is 9.53. The van der Waals surface area contributed by atoms with E-state index in [0.29, 0.717) is 0 Å². The van der Waals surface area contributed by atoms with E-state index in [-0.39, 0.29) is 17.0 Å². The Balaban J connectivity index is 3.40. The molecule has 1 aromatic rings. The monoisotopic (exact) mass is 176 g/mol. The predicted molar refractivity (Wildman–Crippen MR) is 50.6 cm³/mol. The molecule has 13 heavy (non-hydrogen) atoms. The molecule has 1 rings (SSSR count). The van der Waals surface area contributed by atoms with Crippen molar-refractivity contribution >= 4 is 0 Å². The molecule has 0 aliphatic carbocycles. The molecule has 0 bridgehead atoms. The lowest BCUT2D eigenvalue weighted by atomic mass is 10.1. The molecule has 0 aliphatic heterocycles. The van der Waals surface area contributed by atoms with Crippen molar-refractivity contribution in [3.8, 4) is 6.07 Å². The van der Waals surface area contributed by atoms with Crippen LogP contribution >= 0.6 is 0 Å². The smallest absolute Gasteiger partial charge is 0.266 e. The summed E-state index contributed by atoms with van der Waals surface area (Å²) >= 11 is 0. The van der Waals surface area contributed by atoms with Gasteiger partial charge in [0.25, 0.3) is 5.56 Å². The van der Waals surface area contributed by atoms with E-state index in [1.807, 2.05) is 26.0 Å². The van der Waals surface area contributed by atoms with Crippen molar-refractivity contribution < 1.29 is 0 Å². The Morgan fingerprint density at radius 1 is 1.54 bits per heavy atom.